The zero-order valence-corrected chi connectivity index (χ0v) is 11.5. The van der Waals surface area contributed by atoms with Crippen molar-refractivity contribution in [1.29, 1.82) is 5.26 Å². The highest BCUT2D eigenvalue weighted by molar-refractivity contribution is 5.90. The summed E-state index contributed by atoms with van der Waals surface area (Å²) >= 11 is 0. The summed E-state index contributed by atoms with van der Waals surface area (Å²) in [7, 11) is 0. The Bertz CT molecular complexity index is 445. The predicted octanol–water partition coefficient (Wildman–Crippen LogP) is 2.51. The fourth-order valence-corrected chi connectivity index (χ4v) is 2.03. The van der Waals surface area contributed by atoms with Crippen molar-refractivity contribution in [2.75, 3.05) is 11.9 Å². The number of nitriles is 1. The topological polar surface area (TPSA) is 78.9 Å². The van der Waals surface area contributed by atoms with Crippen molar-refractivity contribution in [3.8, 4) is 6.07 Å². The molecule has 102 valence electrons. The van der Waals surface area contributed by atoms with E-state index >= 15 is 0 Å². The second-order valence-corrected chi connectivity index (χ2v) is 5.17. The van der Waals surface area contributed by atoms with Crippen LogP contribution in [0.2, 0.25) is 0 Å². The summed E-state index contributed by atoms with van der Waals surface area (Å²) in [5, 5.41) is 11.5. The first kappa shape index (κ1) is 15.2. The summed E-state index contributed by atoms with van der Waals surface area (Å²) in [6.07, 6.45) is 1.39. The number of nitrogens with one attached hydrogen (secondary N) is 1. The molecule has 0 heterocycles. The monoisotopic (exact) mass is 259 g/mol. The van der Waals surface area contributed by atoms with E-state index in [4.69, 9.17) is 11.0 Å². The third-order valence-corrected chi connectivity index (χ3v) is 2.91. The minimum absolute atomic E-state index is 0.0270. The smallest absolute Gasteiger partial charge is 0.224 e. The molecule has 19 heavy (non-hydrogen) atoms. The number of rotatable bonds is 6. The number of hydrogen-bond acceptors (Lipinski definition) is 3. The third-order valence-electron chi connectivity index (χ3n) is 2.91. The molecule has 0 saturated carbocycles. The van der Waals surface area contributed by atoms with Crippen LogP contribution in [0.4, 0.5) is 5.69 Å². The molecule has 1 aromatic rings. The van der Waals surface area contributed by atoms with Crippen LogP contribution in [0.25, 0.3) is 0 Å². The molecule has 1 amide bonds. The molecule has 0 spiro atoms. The molecule has 0 radical (unpaired) electrons. The van der Waals surface area contributed by atoms with Gasteiger partial charge in [-0.15, -0.1) is 0 Å². The highest BCUT2D eigenvalue weighted by atomic mass is 16.1. The van der Waals surface area contributed by atoms with Gasteiger partial charge in [-0.05, 0) is 49.1 Å². The zero-order chi connectivity index (χ0) is 14.3. The van der Waals surface area contributed by atoms with E-state index in [0.717, 1.165) is 6.42 Å². The molecule has 0 bridgehead atoms. The largest absolute Gasteiger partial charge is 0.330 e. The first-order valence-electron chi connectivity index (χ1n) is 6.55. The van der Waals surface area contributed by atoms with Gasteiger partial charge in [0.1, 0.15) is 0 Å². The quantitative estimate of drug-likeness (QED) is 0.823. The molecule has 4 nitrogen and oxygen atoms in total. The minimum Gasteiger partial charge on any atom is -0.330 e. The molecule has 1 aromatic carbocycles. The van der Waals surface area contributed by atoms with Crippen LogP contribution in [0.5, 0.6) is 0 Å². The Kier molecular flexibility index (Phi) is 6.04. The van der Waals surface area contributed by atoms with Gasteiger partial charge < -0.3 is 11.1 Å². The molecule has 0 fully saturated rings. The Labute approximate surface area is 114 Å². The molecule has 0 aliphatic heterocycles. The number of hydrogen-bond donors (Lipinski definition) is 2. The van der Waals surface area contributed by atoms with Gasteiger partial charge in [0.05, 0.1) is 11.6 Å². The van der Waals surface area contributed by atoms with Gasteiger partial charge in [-0.3, -0.25) is 4.79 Å². The third kappa shape index (κ3) is 5.54. The first-order chi connectivity index (χ1) is 9.05. The van der Waals surface area contributed by atoms with Crippen molar-refractivity contribution < 1.29 is 4.79 Å². The maximum atomic E-state index is 11.9. The van der Waals surface area contributed by atoms with E-state index in [1.165, 1.54) is 0 Å². The zero-order valence-electron chi connectivity index (χ0n) is 11.5. The molecule has 4 heteroatoms. The average molecular weight is 259 g/mol. The SMILES string of the molecule is CC(C)C[C@H](CN)CC(=O)Nc1ccc(C#N)cc1. The summed E-state index contributed by atoms with van der Waals surface area (Å²) in [6.45, 7) is 4.78. The van der Waals surface area contributed by atoms with E-state index in [9.17, 15) is 4.79 Å². The van der Waals surface area contributed by atoms with Gasteiger partial charge >= 0.3 is 0 Å². The fraction of sp³-hybridized carbons (Fsp3) is 0.467. The summed E-state index contributed by atoms with van der Waals surface area (Å²) in [6, 6.07) is 8.88. The maximum Gasteiger partial charge on any atom is 0.224 e. The lowest BCUT2D eigenvalue weighted by atomic mass is 9.94. The summed E-state index contributed by atoms with van der Waals surface area (Å²) in [5.74, 6) is 0.732. The average Bonchev–Trinajstić information content (AvgIpc) is 2.38. The lowest BCUT2D eigenvalue weighted by molar-refractivity contribution is -0.117. The molecule has 0 aliphatic rings. The van der Waals surface area contributed by atoms with Crippen molar-refractivity contribution in [3.05, 3.63) is 29.8 Å². The van der Waals surface area contributed by atoms with E-state index in [-0.39, 0.29) is 11.8 Å². The normalized spacial score (nSPS) is 11.9. The van der Waals surface area contributed by atoms with Crippen molar-refractivity contribution >= 4 is 11.6 Å². The van der Waals surface area contributed by atoms with Crippen LogP contribution in [0, 0.1) is 23.2 Å². The van der Waals surface area contributed by atoms with Crippen molar-refractivity contribution in [2.24, 2.45) is 17.6 Å². The van der Waals surface area contributed by atoms with E-state index < -0.39 is 0 Å². The molecule has 0 unspecified atom stereocenters. The first-order valence-corrected chi connectivity index (χ1v) is 6.55. The van der Waals surface area contributed by atoms with Crippen LogP contribution in [0.1, 0.15) is 32.3 Å². The number of carbonyl (C=O) groups excluding carboxylic acids is 1. The standard InChI is InChI=1S/C15H21N3O/c1-11(2)7-13(10-17)8-15(19)18-14-5-3-12(9-16)4-6-14/h3-6,11,13H,7-8,10,17H2,1-2H3,(H,18,19)/t13-/m0/s1. The second-order valence-electron chi connectivity index (χ2n) is 5.17. The predicted molar refractivity (Wildman–Crippen MR) is 76.4 cm³/mol. The Balaban J connectivity index is 2.51. The number of nitrogens with zero attached hydrogens (tertiary/aromatic N) is 1. The van der Waals surface area contributed by atoms with Gasteiger partial charge in [0.2, 0.25) is 5.91 Å². The lowest BCUT2D eigenvalue weighted by Gasteiger charge is -2.16. The van der Waals surface area contributed by atoms with E-state index in [1.54, 1.807) is 24.3 Å². The Morgan fingerprint density at radius 1 is 1.37 bits per heavy atom. The Morgan fingerprint density at radius 3 is 2.47 bits per heavy atom. The molecular weight excluding hydrogens is 238 g/mol. The lowest BCUT2D eigenvalue weighted by Crippen LogP contribution is -2.23. The highest BCUT2D eigenvalue weighted by Gasteiger charge is 2.14. The molecule has 1 atom stereocenters. The van der Waals surface area contributed by atoms with E-state index in [1.807, 2.05) is 6.07 Å². The van der Waals surface area contributed by atoms with Gasteiger partial charge in [0.25, 0.3) is 0 Å². The van der Waals surface area contributed by atoms with Crippen LogP contribution in [0.15, 0.2) is 24.3 Å². The molecule has 0 aliphatic carbocycles. The minimum atomic E-state index is -0.0270. The van der Waals surface area contributed by atoms with Crippen molar-refractivity contribution in [3.63, 3.8) is 0 Å². The molecule has 0 saturated heterocycles. The van der Waals surface area contributed by atoms with Gasteiger partial charge in [-0.2, -0.15) is 5.26 Å². The molecular formula is C15H21N3O. The summed E-state index contributed by atoms with van der Waals surface area (Å²) < 4.78 is 0. The molecule has 0 aromatic heterocycles. The van der Waals surface area contributed by atoms with Crippen LogP contribution in [0.3, 0.4) is 0 Å². The summed E-state index contributed by atoms with van der Waals surface area (Å²) in [5.41, 5.74) is 6.98. The highest BCUT2D eigenvalue weighted by Crippen LogP contribution is 2.16. The maximum absolute atomic E-state index is 11.9. The number of nitrogens with two attached hydrogens (primary N) is 1. The van der Waals surface area contributed by atoms with Gasteiger partial charge in [-0.25, -0.2) is 0 Å². The van der Waals surface area contributed by atoms with Crippen LogP contribution in [-0.2, 0) is 4.79 Å². The van der Waals surface area contributed by atoms with Crippen LogP contribution < -0.4 is 11.1 Å². The Hall–Kier alpha value is -1.86. The van der Waals surface area contributed by atoms with Gasteiger partial charge in [0, 0.05) is 12.1 Å². The Morgan fingerprint density at radius 2 is 2.00 bits per heavy atom. The van der Waals surface area contributed by atoms with E-state index in [0.29, 0.717) is 30.1 Å². The van der Waals surface area contributed by atoms with Gasteiger partial charge in [-0.1, -0.05) is 13.8 Å². The second kappa shape index (κ2) is 7.55. The van der Waals surface area contributed by atoms with E-state index in [2.05, 4.69) is 19.2 Å². The number of amides is 1. The van der Waals surface area contributed by atoms with Gasteiger partial charge in [0.15, 0.2) is 0 Å². The van der Waals surface area contributed by atoms with Crippen LogP contribution in [-0.4, -0.2) is 12.5 Å². The summed E-state index contributed by atoms with van der Waals surface area (Å²) in [4.78, 5) is 11.9. The fourth-order valence-electron chi connectivity index (χ4n) is 2.03. The van der Waals surface area contributed by atoms with Crippen molar-refractivity contribution in [1.82, 2.24) is 0 Å². The van der Waals surface area contributed by atoms with Crippen molar-refractivity contribution in [2.45, 2.75) is 26.7 Å². The molecule has 1 rings (SSSR count). The van der Waals surface area contributed by atoms with Crippen LogP contribution >= 0.6 is 0 Å². The number of anilines is 1. The number of benzene rings is 1. The molecule has 3 N–H and O–H groups in total. The number of carbonyl (C=O) groups is 1.